The van der Waals surface area contributed by atoms with Crippen molar-refractivity contribution in [2.24, 2.45) is 5.73 Å². The first-order valence-corrected chi connectivity index (χ1v) is 4.12. The molecule has 0 saturated heterocycles. The molecular weight excluding hydrogens is 183 g/mol. The van der Waals surface area contributed by atoms with Gasteiger partial charge in [-0.15, -0.1) is 6.58 Å². The van der Waals surface area contributed by atoms with E-state index in [1.54, 1.807) is 0 Å². The van der Waals surface area contributed by atoms with Crippen LogP contribution in [-0.4, -0.2) is 5.91 Å². The highest BCUT2D eigenvalue weighted by atomic mass is 19.1. The summed E-state index contributed by atoms with van der Waals surface area (Å²) in [6.07, 6.45) is 1.31. The molecular formula is C10H9FN2O. The third kappa shape index (κ3) is 0.975. The number of carbonyl (C=O) groups excluding carboxylic acids is 1. The molecule has 0 radical (unpaired) electrons. The van der Waals surface area contributed by atoms with Gasteiger partial charge in [-0.25, -0.2) is 4.39 Å². The number of halogens is 1. The molecule has 14 heavy (non-hydrogen) atoms. The first-order valence-electron chi connectivity index (χ1n) is 4.12. The molecule has 1 amide bonds. The second-order valence-corrected chi connectivity index (χ2v) is 3.22. The van der Waals surface area contributed by atoms with Gasteiger partial charge >= 0.3 is 0 Å². The Hall–Kier alpha value is -1.68. The maximum absolute atomic E-state index is 12.9. The van der Waals surface area contributed by atoms with Crippen LogP contribution in [0.3, 0.4) is 0 Å². The molecule has 1 aromatic carbocycles. The van der Waals surface area contributed by atoms with E-state index in [-0.39, 0.29) is 5.91 Å². The minimum atomic E-state index is -1.31. The van der Waals surface area contributed by atoms with Gasteiger partial charge in [0, 0.05) is 11.3 Å². The molecule has 4 heteroatoms. The van der Waals surface area contributed by atoms with Gasteiger partial charge in [0.25, 0.3) is 5.91 Å². The van der Waals surface area contributed by atoms with Gasteiger partial charge < -0.3 is 11.1 Å². The zero-order valence-electron chi connectivity index (χ0n) is 7.38. The zero-order chi connectivity index (χ0) is 10.3. The van der Waals surface area contributed by atoms with Crippen LogP contribution >= 0.6 is 0 Å². The number of carbonyl (C=O) groups is 1. The summed E-state index contributed by atoms with van der Waals surface area (Å²) in [6, 6.07) is 4.00. The molecule has 72 valence electrons. The van der Waals surface area contributed by atoms with E-state index in [4.69, 9.17) is 5.73 Å². The maximum atomic E-state index is 12.9. The monoisotopic (exact) mass is 192 g/mol. The molecule has 1 aromatic rings. The molecule has 3 nitrogen and oxygen atoms in total. The Bertz CT molecular complexity index is 430. The maximum Gasteiger partial charge on any atom is 0.253 e. The summed E-state index contributed by atoms with van der Waals surface area (Å²) in [5, 5.41) is 2.56. The minimum Gasteiger partial charge on any atom is -0.324 e. The van der Waals surface area contributed by atoms with Crippen molar-refractivity contribution < 1.29 is 9.18 Å². The molecule has 0 aliphatic carbocycles. The Morgan fingerprint density at radius 3 is 2.93 bits per heavy atom. The van der Waals surface area contributed by atoms with E-state index in [1.807, 2.05) is 0 Å². The van der Waals surface area contributed by atoms with Crippen molar-refractivity contribution in [2.75, 3.05) is 5.32 Å². The Morgan fingerprint density at radius 2 is 2.29 bits per heavy atom. The molecule has 1 aliphatic heterocycles. The minimum absolute atomic E-state index is 0.381. The lowest BCUT2D eigenvalue weighted by Crippen LogP contribution is -2.41. The second kappa shape index (κ2) is 2.65. The van der Waals surface area contributed by atoms with E-state index in [9.17, 15) is 9.18 Å². The van der Waals surface area contributed by atoms with Crippen molar-refractivity contribution in [2.45, 2.75) is 5.54 Å². The first kappa shape index (κ1) is 8.90. The van der Waals surface area contributed by atoms with Crippen LogP contribution in [0.2, 0.25) is 0 Å². The van der Waals surface area contributed by atoms with Crippen molar-refractivity contribution in [1.29, 1.82) is 0 Å². The molecule has 1 heterocycles. The van der Waals surface area contributed by atoms with Crippen LogP contribution < -0.4 is 11.1 Å². The molecule has 3 N–H and O–H groups in total. The van der Waals surface area contributed by atoms with Gasteiger partial charge in [0.2, 0.25) is 0 Å². The SMILES string of the molecule is C=C[C@]1(N)C(=O)Nc2ccc(F)cc21. The number of hydrogen-bond acceptors (Lipinski definition) is 2. The van der Waals surface area contributed by atoms with Gasteiger partial charge in [-0.3, -0.25) is 4.79 Å². The van der Waals surface area contributed by atoms with Gasteiger partial charge in [-0.2, -0.15) is 0 Å². The number of rotatable bonds is 1. The Balaban J connectivity index is 2.67. The van der Waals surface area contributed by atoms with Crippen LogP contribution in [-0.2, 0) is 10.3 Å². The molecule has 1 atom stereocenters. The molecule has 2 rings (SSSR count). The molecule has 0 saturated carbocycles. The molecule has 0 unspecified atom stereocenters. The van der Waals surface area contributed by atoms with Gasteiger partial charge in [0.05, 0.1) is 0 Å². The Morgan fingerprint density at radius 1 is 1.57 bits per heavy atom. The number of hydrogen-bond donors (Lipinski definition) is 2. The fraction of sp³-hybridized carbons (Fsp3) is 0.100. The van der Waals surface area contributed by atoms with Crippen LogP contribution in [0.4, 0.5) is 10.1 Å². The summed E-state index contributed by atoms with van der Waals surface area (Å²) in [7, 11) is 0. The van der Waals surface area contributed by atoms with Crippen molar-refractivity contribution in [3.05, 3.63) is 42.2 Å². The molecule has 0 fully saturated rings. The largest absolute Gasteiger partial charge is 0.324 e. The lowest BCUT2D eigenvalue weighted by Gasteiger charge is -2.16. The average molecular weight is 192 g/mol. The summed E-state index contributed by atoms with van der Waals surface area (Å²) >= 11 is 0. The van der Waals surface area contributed by atoms with E-state index >= 15 is 0 Å². The van der Waals surface area contributed by atoms with Gasteiger partial charge in [-0.05, 0) is 18.2 Å². The van der Waals surface area contributed by atoms with E-state index in [0.29, 0.717) is 11.3 Å². The third-order valence-corrected chi connectivity index (χ3v) is 2.37. The molecule has 1 aliphatic rings. The van der Waals surface area contributed by atoms with E-state index in [0.717, 1.165) is 0 Å². The number of fused-ring (bicyclic) bond motifs is 1. The van der Waals surface area contributed by atoms with Crippen LogP contribution in [0.1, 0.15) is 5.56 Å². The fourth-order valence-electron chi connectivity index (χ4n) is 1.52. The fourth-order valence-corrected chi connectivity index (χ4v) is 1.52. The van der Waals surface area contributed by atoms with Gasteiger partial charge in [0.15, 0.2) is 0 Å². The Labute approximate surface area is 80.4 Å². The third-order valence-electron chi connectivity index (χ3n) is 2.37. The topological polar surface area (TPSA) is 55.1 Å². The van der Waals surface area contributed by atoms with Crippen LogP contribution in [0.15, 0.2) is 30.9 Å². The smallest absolute Gasteiger partial charge is 0.253 e. The van der Waals surface area contributed by atoms with Crippen LogP contribution in [0.5, 0.6) is 0 Å². The van der Waals surface area contributed by atoms with Crippen molar-refractivity contribution in [1.82, 2.24) is 0 Å². The predicted octanol–water partition coefficient (Wildman–Crippen LogP) is 1.12. The van der Waals surface area contributed by atoms with Crippen LogP contribution in [0, 0.1) is 5.82 Å². The van der Waals surface area contributed by atoms with Crippen molar-refractivity contribution in [3.8, 4) is 0 Å². The van der Waals surface area contributed by atoms with Crippen molar-refractivity contribution >= 4 is 11.6 Å². The zero-order valence-corrected chi connectivity index (χ0v) is 7.38. The predicted molar refractivity (Wildman–Crippen MR) is 51.1 cm³/mol. The highest BCUT2D eigenvalue weighted by Gasteiger charge is 2.41. The summed E-state index contributed by atoms with van der Waals surface area (Å²) in [5.74, 6) is -0.801. The molecule has 0 spiro atoms. The number of benzene rings is 1. The van der Waals surface area contributed by atoms with Gasteiger partial charge in [0.1, 0.15) is 11.4 Å². The summed E-state index contributed by atoms with van der Waals surface area (Å²) in [5.41, 5.74) is 5.45. The summed E-state index contributed by atoms with van der Waals surface area (Å²) in [6.45, 7) is 3.49. The average Bonchev–Trinajstić information content (AvgIpc) is 2.41. The normalized spacial score (nSPS) is 24.3. The van der Waals surface area contributed by atoms with E-state index < -0.39 is 11.4 Å². The lowest BCUT2D eigenvalue weighted by molar-refractivity contribution is -0.119. The summed E-state index contributed by atoms with van der Waals surface area (Å²) in [4.78, 5) is 11.5. The number of nitrogens with one attached hydrogen (secondary N) is 1. The van der Waals surface area contributed by atoms with Crippen LogP contribution in [0.25, 0.3) is 0 Å². The molecule has 0 aromatic heterocycles. The van der Waals surface area contributed by atoms with E-state index in [1.165, 1.54) is 24.3 Å². The number of amides is 1. The highest BCUT2D eigenvalue weighted by molar-refractivity contribution is 6.07. The summed E-state index contributed by atoms with van der Waals surface area (Å²) < 4.78 is 12.9. The standard InChI is InChI=1S/C10H9FN2O/c1-2-10(12)7-5-6(11)3-4-8(7)13-9(10)14/h2-5H,1,12H2,(H,13,14)/t10-/m1/s1. The second-order valence-electron chi connectivity index (χ2n) is 3.22. The first-order chi connectivity index (χ1) is 6.58. The quantitative estimate of drug-likeness (QED) is 0.655. The Kier molecular flexibility index (Phi) is 1.69. The molecule has 0 bridgehead atoms. The number of anilines is 1. The van der Waals surface area contributed by atoms with Gasteiger partial charge in [-0.1, -0.05) is 6.08 Å². The van der Waals surface area contributed by atoms with Crippen molar-refractivity contribution in [3.63, 3.8) is 0 Å². The van der Waals surface area contributed by atoms with E-state index in [2.05, 4.69) is 11.9 Å². The lowest BCUT2D eigenvalue weighted by atomic mass is 9.93. The highest BCUT2D eigenvalue weighted by Crippen LogP contribution is 2.34. The number of nitrogens with two attached hydrogens (primary N) is 1.